The molecule has 2 aromatic carbocycles. The highest BCUT2D eigenvalue weighted by Gasteiger charge is 2.14. The van der Waals surface area contributed by atoms with E-state index in [1.165, 1.54) is 18.3 Å². The second-order valence-electron chi connectivity index (χ2n) is 8.80. The first-order valence-corrected chi connectivity index (χ1v) is 11.8. The number of benzene rings is 2. The van der Waals surface area contributed by atoms with Crippen LogP contribution in [0.25, 0.3) is 10.9 Å². The number of ether oxygens (including phenoxy) is 1. The molecule has 0 radical (unpaired) electrons. The van der Waals surface area contributed by atoms with E-state index >= 15 is 0 Å². The van der Waals surface area contributed by atoms with Crippen molar-refractivity contribution in [3.05, 3.63) is 99.6 Å². The number of carbonyl (C=O) groups excluding carboxylic acids is 1. The van der Waals surface area contributed by atoms with E-state index in [-0.39, 0.29) is 18.7 Å². The van der Waals surface area contributed by atoms with Gasteiger partial charge in [0.1, 0.15) is 11.3 Å². The molecule has 4 aromatic rings. The number of nitrogens with one attached hydrogen (secondary N) is 1. The molecule has 1 N–H and O–H groups in total. The Morgan fingerprint density at radius 2 is 1.84 bits per heavy atom. The lowest BCUT2D eigenvalue weighted by Gasteiger charge is -2.12. The summed E-state index contributed by atoms with van der Waals surface area (Å²) in [5.41, 5.74) is 1.18. The molecule has 192 valence electrons. The number of carbonyl (C=O) groups is 1. The maximum atomic E-state index is 13.5. The van der Waals surface area contributed by atoms with Crippen LogP contribution in [0.4, 0.5) is 8.78 Å². The molecule has 0 saturated carbocycles. The molecule has 2 aromatic heterocycles. The summed E-state index contributed by atoms with van der Waals surface area (Å²) in [6.45, 7) is 1.55. The average molecular weight is 508 g/mol. The summed E-state index contributed by atoms with van der Waals surface area (Å²) in [6, 6.07) is 12.1. The maximum absolute atomic E-state index is 13.5. The molecule has 0 aliphatic heterocycles. The van der Waals surface area contributed by atoms with Crippen LogP contribution < -0.4 is 15.6 Å². The molecular formula is C27H27F2N5O3. The third-order valence-electron chi connectivity index (χ3n) is 5.70. The second kappa shape index (κ2) is 11.7. The van der Waals surface area contributed by atoms with Crippen molar-refractivity contribution in [2.75, 3.05) is 27.2 Å². The molecule has 37 heavy (non-hydrogen) atoms. The van der Waals surface area contributed by atoms with Crippen molar-refractivity contribution < 1.29 is 18.3 Å². The number of pyridine rings is 1. The lowest BCUT2D eigenvalue weighted by Crippen LogP contribution is -2.34. The van der Waals surface area contributed by atoms with E-state index in [0.717, 1.165) is 46.2 Å². The number of aromatic nitrogens is 3. The summed E-state index contributed by atoms with van der Waals surface area (Å²) in [6.07, 6.45) is 3.89. The highest BCUT2D eigenvalue weighted by atomic mass is 19.2. The quantitative estimate of drug-likeness (QED) is 0.331. The molecule has 0 atom stereocenters. The van der Waals surface area contributed by atoms with Gasteiger partial charge in [0.25, 0.3) is 11.5 Å². The van der Waals surface area contributed by atoms with Crippen LogP contribution >= 0.6 is 0 Å². The summed E-state index contributed by atoms with van der Waals surface area (Å²) in [7, 11) is 4.02. The Bertz CT molecular complexity index is 1470. The van der Waals surface area contributed by atoms with Crippen LogP contribution in [0, 0.1) is 11.6 Å². The van der Waals surface area contributed by atoms with Crippen LogP contribution in [-0.4, -0.2) is 52.8 Å². The van der Waals surface area contributed by atoms with Crippen molar-refractivity contribution in [1.82, 2.24) is 25.0 Å². The molecule has 0 unspecified atom stereocenters. The first-order valence-electron chi connectivity index (χ1n) is 11.8. The van der Waals surface area contributed by atoms with Crippen molar-refractivity contribution in [2.24, 2.45) is 0 Å². The molecule has 0 saturated heterocycles. The van der Waals surface area contributed by atoms with Crippen LogP contribution in [0.2, 0.25) is 0 Å². The average Bonchev–Trinajstić information content (AvgIpc) is 2.88. The third-order valence-corrected chi connectivity index (χ3v) is 5.70. The minimum Gasteiger partial charge on any atom is -0.493 e. The van der Waals surface area contributed by atoms with Crippen LogP contribution in [0.15, 0.2) is 65.7 Å². The van der Waals surface area contributed by atoms with Gasteiger partial charge in [-0.05, 0) is 68.0 Å². The van der Waals surface area contributed by atoms with Crippen LogP contribution in [0.3, 0.4) is 0 Å². The lowest BCUT2D eigenvalue weighted by atomic mass is 10.1. The number of amides is 1. The van der Waals surface area contributed by atoms with Crippen LogP contribution in [-0.2, 0) is 13.1 Å². The van der Waals surface area contributed by atoms with Crippen LogP contribution in [0.1, 0.15) is 27.9 Å². The van der Waals surface area contributed by atoms with Gasteiger partial charge in [-0.15, -0.1) is 0 Å². The number of rotatable bonds is 10. The van der Waals surface area contributed by atoms with Crippen molar-refractivity contribution in [3.63, 3.8) is 0 Å². The Labute approximate surface area is 212 Å². The minimum atomic E-state index is -1.02. The molecule has 1 amide bonds. The monoisotopic (exact) mass is 507 g/mol. The minimum absolute atomic E-state index is 0.105. The Morgan fingerprint density at radius 1 is 1.03 bits per heavy atom. The molecule has 4 rings (SSSR count). The van der Waals surface area contributed by atoms with Gasteiger partial charge in [0.2, 0.25) is 0 Å². The number of halogens is 2. The molecule has 8 nitrogen and oxygen atoms in total. The van der Waals surface area contributed by atoms with Gasteiger partial charge in [0.15, 0.2) is 11.6 Å². The van der Waals surface area contributed by atoms with Crippen LogP contribution in [0.5, 0.6) is 5.75 Å². The lowest BCUT2D eigenvalue weighted by molar-refractivity contribution is 0.0948. The highest BCUT2D eigenvalue weighted by Crippen LogP contribution is 2.25. The fraction of sp³-hybridized carbons (Fsp3) is 0.259. The maximum Gasteiger partial charge on any atom is 0.279 e. The Balaban J connectivity index is 1.45. The molecule has 0 aliphatic rings. The second-order valence-corrected chi connectivity index (χ2v) is 8.80. The normalized spacial score (nSPS) is 11.2. The summed E-state index contributed by atoms with van der Waals surface area (Å²) in [5.74, 6) is -1.86. The van der Waals surface area contributed by atoms with Crippen molar-refractivity contribution in [1.29, 1.82) is 0 Å². The first kappa shape index (κ1) is 25.9. The van der Waals surface area contributed by atoms with Gasteiger partial charge in [-0.3, -0.25) is 14.6 Å². The van der Waals surface area contributed by atoms with E-state index < -0.39 is 23.1 Å². The van der Waals surface area contributed by atoms with E-state index in [1.807, 2.05) is 38.4 Å². The smallest absolute Gasteiger partial charge is 0.279 e. The molecule has 0 bridgehead atoms. The number of hydrogen-bond acceptors (Lipinski definition) is 6. The van der Waals surface area contributed by atoms with E-state index in [0.29, 0.717) is 17.9 Å². The van der Waals surface area contributed by atoms with Crippen molar-refractivity contribution in [2.45, 2.75) is 19.5 Å². The van der Waals surface area contributed by atoms with E-state index in [1.54, 1.807) is 6.20 Å². The van der Waals surface area contributed by atoms with E-state index in [4.69, 9.17) is 4.74 Å². The summed E-state index contributed by atoms with van der Waals surface area (Å²) in [4.78, 5) is 32.1. The van der Waals surface area contributed by atoms with E-state index in [9.17, 15) is 18.4 Å². The van der Waals surface area contributed by atoms with E-state index in [2.05, 4.69) is 20.3 Å². The molecule has 2 heterocycles. The van der Waals surface area contributed by atoms with Gasteiger partial charge in [-0.2, -0.15) is 5.10 Å². The zero-order valence-electron chi connectivity index (χ0n) is 20.6. The summed E-state index contributed by atoms with van der Waals surface area (Å²) in [5, 5.41) is 7.54. The fourth-order valence-corrected chi connectivity index (χ4v) is 3.79. The predicted octanol–water partition coefficient (Wildman–Crippen LogP) is 3.38. The standard InChI is InChI=1S/C27H27F2N5O3/c1-33(2)12-3-13-37-25-9-10-30-24-7-5-18(14-21(24)25)16-31-26(35)20-8-11-32-34(27(20)36)17-19-4-6-22(28)23(29)15-19/h4-11,14-15H,3,12-13,16-17H2,1-2H3,(H,31,35). The molecule has 0 fully saturated rings. The molecule has 0 spiro atoms. The Morgan fingerprint density at radius 3 is 2.62 bits per heavy atom. The van der Waals surface area contributed by atoms with Gasteiger partial charge < -0.3 is 15.0 Å². The summed E-state index contributed by atoms with van der Waals surface area (Å²) >= 11 is 0. The zero-order valence-corrected chi connectivity index (χ0v) is 20.6. The topological polar surface area (TPSA) is 89.3 Å². The number of hydrogen-bond donors (Lipinski definition) is 1. The van der Waals surface area contributed by atoms with Crippen molar-refractivity contribution in [3.8, 4) is 5.75 Å². The Hall–Kier alpha value is -4.18. The summed E-state index contributed by atoms with van der Waals surface area (Å²) < 4.78 is 33.7. The van der Waals surface area contributed by atoms with Gasteiger partial charge in [0.05, 0.1) is 18.7 Å². The first-order chi connectivity index (χ1) is 17.8. The molecule has 0 aliphatic carbocycles. The van der Waals surface area contributed by atoms with Gasteiger partial charge in [-0.25, -0.2) is 13.5 Å². The molecule has 10 heteroatoms. The fourth-order valence-electron chi connectivity index (χ4n) is 3.79. The Kier molecular flexibility index (Phi) is 8.19. The predicted molar refractivity (Wildman–Crippen MR) is 136 cm³/mol. The highest BCUT2D eigenvalue weighted by molar-refractivity contribution is 5.93. The number of fused-ring (bicyclic) bond motifs is 1. The number of nitrogens with zero attached hydrogens (tertiary/aromatic N) is 4. The van der Waals surface area contributed by atoms with Gasteiger partial charge in [-0.1, -0.05) is 12.1 Å². The van der Waals surface area contributed by atoms with Gasteiger partial charge >= 0.3 is 0 Å². The zero-order chi connectivity index (χ0) is 26.4. The molecular weight excluding hydrogens is 480 g/mol. The third kappa shape index (κ3) is 6.53. The van der Waals surface area contributed by atoms with Gasteiger partial charge in [0, 0.05) is 30.9 Å². The van der Waals surface area contributed by atoms with Crippen molar-refractivity contribution >= 4 is 16.8 Å². The largest absolute Gasteiger partial charge is 0.493 e. The SMILES string of the molecule is CN(C)CCCOc1ccnc2ccc(CNC(=O)c3ccnn(Cc4ccc(F)c(F)c4)c3=O)cc12.